The van der Waals surface area contributed by atoms with Crippen molar-refractivity contribution in [3.05, 3.63) is 11.6 Å². The molecule has 5 heterocycles. The van der Waals surface area contributed by atoms with Gasteiger partial charge in [-0.25, -0.2) is 4.79 Å². The average molecular weight is 1210 g/mol. The molecular formula is C58H92O26. The first-order valence-corrected chi connectivity index (χ1v) is 29.9. The van der Waals surface area contributed by atoms with Gasteiger partial charge in [0, 0.05) is 5.41 Å². The van der Waals surface area contributed by atoms with E-state index in [0.717, 1.165) is 18.4 Å². The van der Waals surface area contributed by atoms with Gasteiger partial charge in [-0.3, -0.25) is 4.79 Å². The molecule has 0 radical (unpaired) electrons. The molecule has 84 heavy (non-hydrogen) atoms. The summed E-state index contributed by atoms with van der Waals surface area (Å²) in [5, 5.41) is 153. The van der Waals surface area contributed by atoms with Crippen molar-refractivity contribution in [3.8, 4) is 0 Å². The van der Waals surface area contributed by atoms with Crippen LogP contribution in [0.25, 0.3) is 0 Å². The molecule has 26 heteroatoms. The molecule has 5 aliphatic carbocycles. The Hall–Kier alpha value is -2.20. The van der Waals surface area contributed by atoms with E-state index in [1.807, 2.05) is 6.92 Å². The molecule has 5 saturated heterocycles. The Kier molecular flexibility index (Phi) is 17.7. The summed E-state index contributed by atoms with van der Waals surface area (Å²) < 4.78 is 58.9. The monoisotopic (exact) mass is 1200 g/mol. The maximum absolute atomic E-state index is 15.6. The Morgan fingerprint density at radius 1 is 0.536 bits per heavy atom. The minimum absolute atomic E-state index is 0.0596. The summed E-state index contributed by atoms with van der Waals surface area (Å²) in [5.41, 5.74) is -3.75. The standard InChI is InChI=1S/C58H92O26/c1-23-41(80-47-40(71)42(26(61)21-76-47)81-46-37(68)32(63)24(59)19-75-46)36(67)39(70)48(78-23)83-44-33(64)25(60)20-77-50(44)84-51(74)58-17-16-52(2,3)22-57(58,9)29-11-10-28-54(6)14-13-31(79-49-38(69)34(65)35(66)43(82-49)45(72)73)53(4,5)27(54)12-15-55(28,7)56(29,8)18-30(58)62/h11,23-28,30-44,46-50,59-71H,10,12-22H2,1-9H3,(H,72,73)/t23?,24?,25?,26?,27?,28?,30-,31+,32?,33?,34?,35?,36?,37?,38?,39?,40?,41?,42?,43?,44?,46?,47?,48?,49?,50?,54+,55-,56-,57+,58-/m1/s1. The van der Waals surface area contributed by atoms with Gasteiger partial charge in [-0.05, 0) is 104 Å². The largest absolute Gasteiger partial charge is 0.479 e. The van der Waals surface area contributed by atoms with Gasteiger partial charge in [-0.15, -0.1) is 0 Å². The lowest BCUT2D eigenvalue weighted by Crippen LogP contribution is -2.71. The van der Waals surface area contributed by atoms with Crippen LogP contribution in [0.3, 0.4) is 0 Å². The van der Waals surface area contributed by atoms with E-state index in [-0.39, 0.29) is 35.5 Å². The van der Waals surface area contributed by atoms with Crippen LogP contribution >= 0.6 is 0 Å². The van der Waals surface area contributed by atoms with E-state index in [4.69, 9.17) is 47.4 Å². The number of carboxylic acid groups (broad SMARTS) is 1. The number of carbonyl (C=O) groups is 2. The van der Waals surface area contributed by atoms with Gasteiger partial charge >= 0.3 is 11.9 Å². The minimum atomic E-state index is -1.97. The lowest BCUT2D eigenvalue weighted by molar-refractivity contribution is -0.375. The van der Waals surface area contributed by atoms with Gasteiger partial charge < -0.3 is 119 Å². The molecule has 0 bridgehead atoms. The molecule has 14 N–H and O–H groups in total. The second-order valence-corrected chi connectivity index (χ2v) is 28.5. The van der Waals surface area contributed by atoms with E-state index in [1.165, 1.54) is 6.92 Å². The Morgan fingerprint density at radius 2 is 1.11 bits per heavy atom. The zero-order valence-electron chi connectivity index (χ0n) is 49.2. The topological polar surface area (TPSA) is 410 Å². The third kappa shape index (κ3) is 10.3. The second-order valence-electron chi connectivity index (χ2n) is 28.5. The number of aliphatic carboxylic acids is 1. The van der Waals surface area contributed by atoms with E-state index < -0.39 is 206 Å². The van der Waals surface area contributed by atoms with Crippen LogP contribution in [0.5, 0.6) is 0 Å². The maximum Gasteiger partial charge on any atom is 0.335 e. The summed E-state index contributed by atoms with van der Waals surface area (Å²) in [7, 11) is 0. The summed E-state index contributed by atoms with van der Waals surface area (Å²) in [6.07, 6.45) is -31.3. The van der Waals surface area contributed by atoms with Crippen LogP contribution in [0, 0.1) is 49.7 Å². The van der Waals surface area contributed by atoms with Gasteiger partial charge in [0.25, 0.3) is 0 Å². The van der Waals surface area contributed by atoms with E-state index in [0.29, 0.717) is 32.1 Å². The van der Waals surface area contributed by atoms with Crippen LogP contribution in [-0.2, 0) is 57.0 Å². The third-order valence-corrected chi connectivity index (χ3v) is 22.8. The molecule has 480 valence electrons. The highest BCUT2D eigenvalue weighted by molar-refractivity contribution is 5.81. The van der Waals surface area contributed by atoms with Crippen molar-refractivity contribution in [2.75, 3.05) is 19.8 Å². The zero-order valence-corrected chi connectivity index (χ0v) is 49.2. The molecule has 0 spiro atoms. The van der Waals surface area contributed by atoms with E-state index in [9.17, 15) is 76.3 Å². The van der Waals surface area contributed by atoms with Crippen molar-refractivity contribution in [2.24, 2.45) is 49.7 Å². The molecule has 0 aromatic carbocycles. The Morgan fingerprint density at radius 3 is 1.77 bits per heavy atom. The quantitative estimate of drug-likeness (QED) is 0.0616. The molecular weight excluding hydrogens is 1110 g/mol. The van der Waals surface area contributed by atoms with Crippen LogP contribution < -0.4 is 0 Å². The Balaban J connectivity index is 0.858. The first-order chi connectivity index (χ1) is 39.1. The van der Waals surface area contributed by atoms with E-state index >= 15 is 4.79 Å². The molecule has 5 aliphatic heterocycles. The lowest BCUT2D eigenvalue weighted by Gasteiger charge is -2.73. The minimum Gasteiger partial charge on any atom is -0.479 e. The lowest BCUT2D eigenvalue weighted by atomic mass is 9.31. The van der Waals surface area contributed by atoms with Crippen LogP contribution in [0.4, 0.5) is 0 Å². The summed E-state index contributed by atoms with van der Waals surface area (Å²) in [6, 6.07) is 0. The Labute approximate surface area is 487 Å². The smallest absolute Gasteiger partial charge is 0.335 e. The molecule has 0 amide bonds. The van der Waals surface area contributed by atoms with Crippen LogP contribution in [-0.4, -0.2) is 251 Å². The molecule has 26 nitrogen and oxygen atoms in total. The molecule has 10 aliphatic rings. The fraction of sp³-hybridized carbons (Fsp3) is 0.931. The molecule has 9 fully saturated rings. The van der Waals surface area contributed by atoms with Crippen LogP contribution in [0.2, 0.25) is 0 Å². The predicted molar refractivity (Wildman–Crippen MR) is 283 cm³/mol. The number of rotatable bonds is 11. The third-order valence-electron chi connectivity index (χ3n) is 22.8. The van der Waals surface area contributed by atoms with Crippen molar-refractivity contribution in [3.63, 3.8) is 0 Å². The molecule has 4 saturated carbocycles. The maximum atomic E-state index is 15.6. The summed E-state index contributed by atoms with van der Waals surface area (Å²) in [5.74, 6) is -2.17. The van der Waals surface area contributed by atoms with Crippen molar-refractivity contribution in [1.29, 1.82) is 0 Å². The van der Waals surface area contributed by atoms with Gasteiger partial charge in [-0.2, -0.15) is 0 Å². The highest BCUT2D eigenvalue weighted by Gasteiger charge is 2.75. The number of hydrogen-bond acceptors (Lipinski definition) is 25. The molecule has 24 unspecified atom stereocenters. The second kappa shape index (κ2) is 22.9. The van der Waals surface area contributed by atoms with Crippen molar-refractivity contribution < 1.29 is 128 Å². The number of allylic oxidation sites excluding steroid dienone is 2. The number of esters is 1. The average Bonchev–Trinajstić information content (AvgIpc) is 0.668. The number of carbonyl (C=O) groups excluding carboxylic acids is 1. The van der Waals surface area contributed by atoms with Crippen molar-refractivity contribution in [2.45, 2.75) is 268 Å². The number of aliphatic hydroxyl groups excluding tert-OH is 13. The van der Waals surface area contributed by atoms with Crippen LogP contribution in [0.15, 0.2) is 11.6 Å². The SMILES string of the molecule is CC1OC(OC2C(OC(=O)[C@]34CCC(C)(C)C[C@@]3(C)C3=CCC5[C@@]6(C)CC[C@H](OC7OC(C(=O)O)C(O)C(O)C7O)C(C)(C)C6CC[C@@]5(C)[C@]3(C)C[C@H]4O)OCC(O)C2O)C(O)C(O)C1OC1OCC(O)C(OC2OCC(O)C(O)C2O)C1O. The fourth-order valence-corrected chi connectivity index (χ4v) is 18.1. The van der Waals surface area contributed by atoms with Crippen molar-refractivity contribution >= 4 is 11.9 Å². The van der Waals surface area contributed by atoms with Gasteiger partial charge in [0.15, 0.2) is 37.4 Å². The van der Waals surface area contributed by atoms with Crippen molar-refractivity contribution in [1.82, 2.24) is 0 Å². The van der Waals surface area contributed by atoms with Gasteiger partial charge in [-0.1, -0.05) is 67.0 Å². The molecule has 31 atom stereocenters. The summed E-state index contributed by atoms with van der Waals surface area (Å²) in [6.45, 7) is 17.4. The number of hydrogen-bond donors (Lipinski definition) is 14. The Bertz CT molecular complexity index is 2430. The highest BCUT2D eigenvalue weighted by atomic mass is 16.8. The molecule has 0 aromatic rings. The summed E-state index contributed by atoms with van der Waals surface area (Å²) >= 11 is 0. The van der Waals surface area contributed by atoms with E-state index in [2.05, 4.69) is 54.5 Å². The van der Waals surface area contributed by atoms with E-state index in [1.54, 1.807) is 0 Å². The van der Waals surface area contributed by atoms with Crippen LogP contribution in [0.1, 0.15) is 120 Å². The number of carboxylic acids is 1. The summed E-state index contributed by atoms with van der Waals surface area (Å²) in [4.78, 5) is 27.6. The number of fused-ring (bicyclic) bond motifs is 7. The predicted octanol–water partition coefficient (Wildman–Crippen LogP) is -1.81. The first-order valence-electron chi connectivity index (χ1n) is 29.9. The zero-order chi connectivity index (χ0) is 61.5. The van der Waals surface area contributed by atoms with Gasteiger partial charge in [0.2, 0.25) is 6.29 Å². The highest BCUT2D eigenvalue weighted by Crippen LogP contribution is 2.78. The first kappa shape index (κ1) is 64.8. The number of aliphatic hydroxyl groups is 13. The fourth-order valence-electron chi connectivity index (χ4n) is 18.1. The molecule has 10 rings (SSSR count). The molecule has 0 aromatic heterocycles. The van der Waals surface area contributed by atoms with Gasteiger partial charge in [0.1, 0.15) is 90.9 Å². The van der Waals surface area contributed by atoms with Gasteiger partial charge in [0.05, 0.1) is 38.1 Å². The number of ether oxygens (including phenoxy) is 10. The normalized spacial score (nSPS) is 54.6.